The van der Waals surface area contributed by atoms with Crippen LogP contribution in [0.4, 0.5) is 0 Å². The molecule has 1 N–H and O–H groups in total. The van der Waals surface area contributed by atoms with Crippen molar-refractivity contribution in [2.24, 2.45) is 0 Å². The lowest BCUT2D eigenvalue weighted by atomic mass is 10.1. The Morgan fingerprint density at radius 1 is 1.43 bits per heavy atom. The Hall–Kier alpha value is -1.69. The van der Waals surface area contributed by atoms with Crippen molar-refractivity contribution < 1.29 is 19.4 Å². The van der Waals surface area contributed by atoms with Crippen molar-refractivity contribution in [3.05, 3.63) is 29.8 Å². The Morgan fingerprint density at radius 3 is 2.91 bits per heavy atom. The molecule has 1 aliphatic rings. The lowest BCUT2D eigenvalue weighted by molar-refractivity contribution is -0.140. The van der Waals surface area contributed by atoms with Gasteiger partial charge in [0.05, 0.1) is 25.0 Å². The third-order valence-corrected chi connectivity index (χ3v) is 4.68. The molecule has 2 rings (SSSR count). The number of ether oxygens (including phenoxy) is 1. The Morgan fingerprint density at radius 2 is 2.22 bits per heavy atom. The lowest BCUT2D eigenvalue weighted by Gasteiger charge is -2.34. The minimum Gasteiger partial charge on any atom is -0.491 e. The van der Waals surface area contributed by atoms with Crippen LogP contribution in [0.15, 0.2) is 24.3 Å². The average molecular weight is 337 g/mol. The summed E-state index contributed by atoms with van der Waals surface area (Å²) < 4.78 is 5.65. The van der Waals surface area contributed by atoms with Crippen molar-refractivity contribution in [3.63, 3.8) is 0 Å². The van der Waals surface area contributed by atoms with Crippen LogP contribution in [-0.2, 0) is 16.0 Å². The number of carbonyl (C=O) groups excluding carboxylic acids is 1. The van der Waals surface area contributed by atoms with Gasteiger partial charge >= 0.3 is 5.97 Å². The van der Waals surface area contributed by atoms with E-state index in [9.17, 15) is 9.59 Å². The van der Waals surface area contributed by atoms with Gasteiger partial charge < -0.3 is 14.7 Å². The molecule has 1 unspecified atom stereocenters. The summed E-state index contributed by atoms with van der Waals surface area (Å²) in [6, 6.07) is 7.31. The van der Waals surface area contributed by atoms with E-state index in [1.807, 2.05) is 38.1 Å². The van der Waals surface area contributed by atoms with E-state index in [-0.39, 0.29) is 30.9 Å². The average Bonchev–Trinajstić information content (AvgIpc) is 2.46. The first-order valence-corrected chi connectivity index (χ1v) is 8.95. The van der Waals surface area contributed by atoms with Crippen LogP contribution < -0.4 is 4.74 Å². The van der Waals surface area contributed by atoms with Gasteiger partial charge in [-0.2, -0.15) is 11.8 Å². The molecule has 0 bridgehead atoms. The first-order valence-electron chi connectivity index (χ1n) is 7.80. The summed E-state index contributed by atoms with van der Waals surface area (Å²) in [6.07, 6.45) is 0.366. The zero-order valence-electron chi connectivity index (χ0n) is 13.5. The van der Waals surface area contributed by atoms with E-state index in [2.05, 4.69) is 0 Å². The topological polar surface area (TPSA) is 66.8 Å². The number of carboxylic acids is 1. The van der Waals surface area contributed by atoms with Gasteiger partial charge in [0.15, 0.2) is 0 Å². The standard InChI is InChI=1S/C17H23NO4S/c1-12(2)22-15-5-3-4-13(8-15)9-16(19)18-6-7-23-11-14(18)10-17(20)21/h3-5,8,12,14H,6-7,9-11H2,1-2H3,(H,20,21). The molecule has 1 aromatic rings. The second kappa shape index (κ2) is 8.24. The van der Waals surface area contributed by atoms with Gasteiger partial charge in [0.1, 0.15) is 5.75 Å². The highest BCUT2D eigenvalue weighted by Crippen LogP contribution is 2.21. The van der Waals surface area contributed by atoms with Gasteiger partial charge in [-0.25, -0.2) is 0 Å². The molecule has 1 saturated heterocycles. The summed E-state index contributed by atoms with van der Waals surface area (Å²) in [5.41, 5.74) is 0.889. The molecule has 1 fully saturated rings. The van der Waals surface area contributed by atoms with Crippen LogP contribution in [0.25, 0.3) is 0 Å². The van der Waals surface area contributed by atoms with Crippen LogP contribution in [-0.4, -0.2) is 52.1 Å². The predicted molar refractivity (Wildman–Crippen MR) is 91.0 cm³/mol. The number of thioether (sulfide) groups is 1. The fourth-order valence-corrected chi connectivity index (χ4v) is 3.69. The largest absolute Gasteiger partial charge is 0.491 e. The summed E-state index contributed by atoms with van der Waals surface area (Å²) in [7, 11) is 0. The van der Waals surface area contributed by atoms with E-state index < -0.39 is 5.97 Å². The SMILES string of the molecule is CC(C)Oc1cccc(CC(=O)N2CCSCC2CC(=O)O)c1. The van der Waals surface area contributed by atoms with Crippen LogP contribution in [0.2, 0.25) is 0 Å². The Bertz CT molecular complexity index is 561. The predicted octanol–water partition coefficient (Wildman–Crippen LogP) is 2.44. The number of aliphatic carboxylic acids is 1. The highest BCUT2D eigenvalue weighted by Gasteiger charge is 2.28. The van der Waals surface area contributed by atoms with Crippen LogP contribution in [0.5, 0.6) is 5.75 Å². The normalized spacial score (nSPS) is 18.0. The van der Waals surface area contributed by atoms with Gasteiger partial charge in [-0.15, -0.1) is 0 Å². The van der Waals surface area contributed by atoms with Crippen molar-refractivity contribution in [3.8, 4) is 5.75 Å². The Kier molecular flexibility index (Phi) is 6.33. The van der Waals surface area contributed by atoms with Crippen molar-refractivity contribution >= 4 is 23.6 Å². The molecule has 126 valence electrons. The van der Waals surface area contributed by atoms with Crippen LogP contribution in [0, 0.1) is 0 Å². The van der Waals surface area contributed by atoms with Gasteiger partial charge in [-0.05, 0) is 31.5 Å². The van der Waals surface area contributed by atoms with E-state index in [1.54, 1.807) is 16.7 Å². The van der Waals surface area contributed by atoms with Crippen molar-refractivity contribution in [2.75, 3.05) is 18.1 Å². The molecule has 1 aliphatic heterocycles. The minimum absolute atomic E-state index is 0.00917. The van der Waals surface area contributed by atoms with E-state index in [0.717, 1.165) is 17.1 Å². The minimum atomic E-state index is -0.859. The maximum absolute atomic E-state index is 12.6. The summed E-state index contributed by atoms with van der Waals surface area (Å²) in [4.78, 5) is 25.3. The molecule has 5 nitrogen and oxygen atoms in total. The Labute approximate surface area is 141 Å². The van der Waals surface area contributed by atoms with Crippen LogP contribution >= 0.6 is 11.8 Å². The summed E-state index contributed by atoms with van der Waals surface area (Å²) in [6.45, 7) is 4.53. The quantitative estimate of drug-likeness (QED) is 0.863. The molecule has 0 spiro atoms. The highest BCUT2D eigenvalue weighted by molar-refractivity contribution is 7.99. The van der Waals surface area contributed by atoms with Crippen molar-refractivity contribution in [1.29, 1.82) is 0 Å². The monoisotopic (exact) mass is 337 g/mol. The lowest BCUT2D eigenvalue weighted by Crippen LogP contribution is -2.47. The molecular formula is C17H23NO4S. The van der Waals surface area contributed by atoms with Gasteiger partial charge in [-0.3, -0.25) is 9.59 Å². The fourth-order valence-electron chi connectivity index (χ4n) is 2.63. The molecule has 23 heavy (non-hydrogen) atoms. The number of carboxylic acid groups (broad SMARTS) is 1. The molecule has 6 heteroatoms. The molecule has 0 aromatic heterocycles. The second-order valence-corrected chi connectivity index (χ2v) is 7.05. The van der Waals surface area contributed by atoms with Gasteiger partial charge in [0, 0.05) is 18.1 Å². The van der Waals surface area contributed by atoms with Gasteiger partial charge in [-0.1, -0.05) is 12.1 Å². The second-order valence-electron chi connectivity index (χ2n) is 5.90. The van der Waals surface area contributed by atoms with Gasteiger partial charge in [0.25, 0.3) is 0 Å². The number of amides is 1. The van der Waals surface area contributed by atoms with E-state index in [0.29, 0.717) is 12.3 Å². The molecular weight excluding hydrogens is 314 g/mol. The smallest absolute Gasteiger partial charge is 0.305 e. The van der Waals surface area contributed by atoms with Crippen LogP contribution in [0.1, 0.15) is 25.8 Å². The maximum atomic E-state index is 12.6. The Balaban J connectivity index is 2.03. The number of hydrogen-bond donors (Lipinski definition) is 1. The van der Waals surface area contributed by atoms with E-state index >= 15 is 0 Å². The number of nitrogens with zero attached hydrogens (tertiary/aromatic N) is 1. The number of carbonyl (C=O) groups is 2. The van der Waals surface area contributed by atoms with E-state index in [4.69, 9.17) is 9.84 Å². The molecule has 1 atom stereocenters. The van der Waals surface area contributed by atoms with Gasteiger partial charge in [0.2, 0.25) is 5.91 Å². The summed E-state index contributed by atoms with van der Waals surface area (Å²) >= 11 is 1.70. The molecule has 0 radical (unpaired) electrons. The van der Waals surface area contributed by atoms with Crippen LogP contribution in [0.3, 0.4) is 0 Å². The summed E-state index contributed by atoms with van der Waals surface area (Å²) in [5.74, 6) is 1.43. The fraction of sp³-hybridized carbons (Fsp3) is 0.529. The first kappa shape index (κ1) is 17.7. The molecule has 1 heterocycles. The summed E-state index contributed by atoms with van der Waals surface area (Å²) in [5, 5.41) is 9.01. The third kappa shape index (κ3) is 5.46. The van der Waals surface area contributed by atoms with Crippen molar-refractivity contribution in [2.45, 2.75) is 38.8 Å². The number of rotatable bonds is 6. The molecule has 1 aromatic carbocycles. The molecule has 0 aliphatic carbocycles. The van der Waals surface area contributed by atoms with Crippen molar-refractivity contribution in [1.82, 2.24) is 4.90 Å². The van der Waals surface area contributed by atoms with E-state index in [1.165, 1.54) is 0 Å². The zero-order chi connectivity index (χ0) is 16.8. The maximum Gasteiger partial charge on any atom is 0.305 e. The third-order valence-electron chi connectivity index (χ3n) is 3.58. The highest BCUT2D eigenvalue weighted by atomic mass is 32.2. The number of hydrogen-bond acceptors (Lipinski definition) is 4. The zero-order valence-corrected chi connectivity index (χ0v) is 14.3. The molecule has 0 saturated carbocycles. The molecule has 1 amide bonds. The number of benzene rings is 1. The first-order chi connectivity index (χ1) is 11.0.